The van der Waals surface area contributed by atoms with Crippen LogP contribution in [0, 0.1) is 5.41 Å². The van der Waals surface area contributed by atoms with Crippen LogP contribution in [0.4, 0.5) is 0 Å². The van der Waals surface area contributed by atoms with E-state index in [4.69, 9.17) is 0 Å². The van der Waals surface area contributed by atoms with Crippen molar-refractivity contribution in [1.29, 1.82) is 0 Å². The molecule has 2 N–H and O–H groups in total. The maximum Gasteiger partial charge on any atom is 0.151 e. The molecule has 0 spiro atoms. The minimum atomic E-state index is -0.278. The van der Waals surface area contributed by atoms with Crippen molar-refractivity contribution in [2.24, 2.45) is 5.41 Å². The monoisotopic (exact) mass is 304 g/mol. The average molecular weight is 304 g/mol. The number of hydrogen-bond acceptors (Lipinski definition) is 3. The van der Waals surface area contributed by atoms with Crippen LogP contribution in [0.5, 0.6) is 0 Å². The second-order valence-corrected chi connectivity index (χ2v) is 8.09. The first kappa shape index (κ1) is 18.9. The van der Waals surface area contributed by atoms with E-state index in [0.29, 0.717) is 12.6 Å². The number of nitrogens with one attached hydrogen (secondary N) is 2. The summed E-state index contributed by atoms with van der Waals surface area (Å²) in [4.78, 5) is 12.0. The third-order valence-corrected chi connectivity index (χ3v) is 3.47. The second-order valence-electron chi connectivity index (χ2n) is 8.09. The fourth-order valence-electron chi connectivity index (χ4n) is 2.31. The van der Waals surface area contributed by atoms with Gasteiger partial charge in [0.1, 0.15) is 0 Å². The van der Waals surface area contributed by atoms with Crippen LogP contribution in [-0.2, 0) is 11.2 Å². The Labute approximate surface area is 135 Å². The van der Waals surface area contributed by atoms with Crippen LogP contribution in [0.3, 0.4) is 0 Å². The van der Waals surface area contributed by atoms with Crippen LogP contribution in [0.2, 0.25) is 0 Å². The van der Waals surface area contributed by atoms with Crippen molar-refractivity contribution < 1.29 is 4.79 Å². The molecule has 0 unspecified atom stereocenters. The Bertz CT molecular complexity index is 455. The van der Waals surface area contributed by atoms with E-state index in [0.717, 1.165) is 13.0 Å². The molecule has 1 atom stereocenters. The van der Waals surface area contributed by atoms with Crippen molar-refractivity contribution in [3.8, 4) is 0 Å². The molecule has 1 rings (SSSR count). The van der Waals surface area contributed by atoms with Crippen molar-refractivity contribution in [2.75, 3.05) is 13.1 Å². The first-order chi connectivity index (χ1) is 10.1. The predicted molar refractivity (Wildman–Crippen MR) is 94.2 cm³/mol. The normalized spacial score (nSPS) is 13.9. The fraction of sp³-hybridized carbons (Fsp3) is 0.632. The molecule has 3 nitrogen and oxygen atoms in total. The molecule has 1 aromatic rings. The Morgan fingerprint density at radius 3 is 2.14 bits per heavy atom. The van der Waals surface area contributed by atoms with Crippen molar-refractivity contribution in [2.45, 2.75) is 59.5 Å². The largest absolute Gasteiger partial charge is 0.308 e. The van der Waals surface area contributed by atoms with Crippen LogP contribution in [0.25, 0.3) is 0 Å². The Balaban J connectivity index is 2.57. The van der Waals surface area contributed by atoms with E-state index in [-0.39, 0.29) is 16.7 Å². The van der Waals surface area contributed by atoms with Crippen LogP contribution < -0.4 is 10.6 Å². The summed E-state index contributed by atoms with van der Waals surface area (Å²) >= 11 is 0. The highest BCUT2D eigenvalue weighted by Gasteiger charge is 2.22. The molecule has 0 saturated carbocycles. The quantitative estimate of drug-likeness (QED) is 0.813. The molecule has 0 amide bonds. The molecular weight excluding hydrogens is 272 g/mol. The van der Waals surface area contributed by atoms with E-state index in [9.17, 15) is 4.79 Å². The average Bonchev–Trinajstić information content (AvgIpc) is 2.36. The molecule has 0 aliphatic heterocycles. The van der Waals surface area contributed by atoms with Gasteiger partial charge in [0.15, 0.2) is 5.78 Å². The zero-order valence-electron chi connectivity index (χ0n) is 15.0. The molecule has 0 saturated heterocycles. The molecule has 0 heterocycles. The van der Waals surface area contributed by atoms with E-state index in [1.54, 1.807) is 0 Å². The van der Waals surface area contributed by atoms with Gasteiger partial charge in [0.25, 0.3) is 0 Å². The van der Waals surface area contributed by atoms with Gasteiger partial charge in [-0.05, 0) is 32.8 Å². The van der Waals surface area contributed by atoms with Gasteiger partial charge in [-0.1, -0.05) is 51.1 Å². The van der Waals surface area contributed by atoms with Gasteiger partial charge in [-0.15, -0.1) is 0 Å². The summed E-state index contributed by atoms with van der Waals surface area (Å²) in [7, 11) is 0. The first-order valence-electron chi connectivity index (χ1n) is 8.13. The molecule has 124 valence electrons. The molecule has 0 aliphatic carbocycles. The van der Waals surface area contributed by atoms with Crippen LogP contribution >= 0.6 is 0 Å². The molecular formula is C19H32N2O. The third-order valence-electron chi connectivity index (χ3n) is 3.47. The van der Waals surface area contributed by atoms with Gasteiger partial charge < -0.3 is 10.6 Å². The van der Waals surface area contributed by atoms with E-state index < -0.39 is 0 Å². The molecule has 0 bridgehead atoms. The van der Waals surface area contributed by atoms with Gasteiger partial charge in [-0.25, -0.2) is 0 Å². The van der Waals surface area contributed by atoms with E-state index >= 15 is 0 Å². The molecule has 22 heavy (non-hydrogen) atoms. The molecule has 3 heteroatoms. The van der Waals surface area contributed by atoms with Crippen LogP contribution in [-0.4, -0.2) is 30.5 Å². The lowest BCUT2D eigenvalue weighted by molar-refractivity contribution is -0.125. The number of Topliss-reactive ketones (excluding diaryl/α,β-unsaturated/α-hetero) is 1. The zero-order valence-corrected chi connectivity index (χ0v) is 15.0. The summed E-state index contributed by atoms with van der Waals surface area (Å²) < 4.78 is 0. The van der Waals surface area contributed by atoms with Gasteiger partial charge in [-0.3, -0.25) is 4.79 Å². The van der Waals surface area contributed by atoms with Gasteiger partial charge in [0.05, 0.1) is 6.54 Å². The van der Waals surface area contributed by atoms with Gasteiger partial charge in [0, 0.05) is 23.5 Å². The lowest BCUT2D eigenvalue weighted by Crippen LogP contribution is -2.50. The number of ketones is 1. The highest BCUT2D eigenvalue weighted by Crippen LogP contribution is 2.13. The standard InChI is InChI=1S/C19H32N2O/c1-18(2,3)17(22)14-20-13-16(21-19(4,5)6)12-15-10-8-7-9-11-15/h7-11,16,20-21H,12-14H2,1-6H3/t16-/m0/s1. The van der Waals surface area contributed by atoms with Gasteiger partial charge in [0.2, 0.25) is 0 Å². The summed E-state index contributed by atoms with van der Waals surface area (Å²) in [5.74, 6) is 0.252. The number of carbonyl (C=O) groups is 1. The summed E-state index contributed by atoms with van der Waals surface area (Å²) in [6, 6.07) is 10.8. The Hall–Kier alpha value is -1.19. The van der Waals surface area contributed by atoms with Gasteiger partial charge in [-0.2, -0.15) is 0 Å². The van der Waals surface area contributed by atoms with Crippen molar-refractivity contribution in [3.63, 3.8) is 0 Å². The minimum Gasteiger partial charge on any atom is -0.308 e. The summed E-state index contributed by atoms with van der Waals surface area (Å²) in [6.07, 6.45) is 0.953. The molecule has 0 radical (unpaired) electrons. The maximum absolute atomic E-state index is 12.0. The van der Waals surface area contributed by atoms with Crippen molar-refractivity contribution in [1.82, 2.24) is 10.6 Å². The number of hydrogen-bond donors (Lipinski definition) is 2. The van der Waals surface area contributed by atoms with E-state index in [1.807, 2.05) is 26.8 Å². The lowest BCUT2D eigenvalue weighted by atomic mass is 9.91. The summed E-state index contributed by atoms with van der Waals surface area (Å²) in [5, 5.41) is 6.97. The number of carbonyl (C=O) groups excluding carboxylic acids is 1. The highest BCUT2D eigenvalue weighted by atomic mass is 16.1. The van der Waals surface area contributed by atoms with Crippen LogP contribution in [0.1, 0.15) is 47.1 Å². The minimum absolute atomic E-state index is 0.0508. The zero-order chi connectivity index (χ0) is 16.8. The molecule has 0 aromatic heterocycles. The Morgan fingerprint density at radius 2 is 1.64 bits per heavy atom. The van der Waals surface area contributed by atoms with Crippen LogP contribution in [0.15, 0.2) is 30.3 Å². The number of rotatable bonds is 7. The second kappa shape index (κ2) is 7.89. The van der Waals surface area contributed by atoms with E-state index in [2.05, 4.69) is 55.7 Å². The van der Waals surface area contributed by atoms with Crippen molar-refractivity contribution >= 4 is 5.78 Å². The molecule has 1 aromatic carbocycles. The SMILES string of the molecule is CC(C)(C)N[C@H](CNCC(=O)C(C)(C)C)Cc1ccccc1. The van der Waals surface area contributed by atoms with Crippen molar-refractivity contribution in [3.05, 3.63) is 35.9 Å². The summed E-state index contributed by atoms with van der Waals surface area (Å²) in [5.41, 5.74) is 1.09. The Kier molecular flexibility index (Phi) is 6.76. The third kappa shape index (κ3) is 7.71. The summed E-state index contributed by atoms with van der Waals surface area (Å²) in [6.45, 7) is 13.6. The number of benzene rings is 1. The predicted octanol–water partition coefficient (Wildman–Crippen LogP) is 3.19. The maximum atomic E-state index is 12.0. The highest BCUT2D eigenvalue weighted by molar-refractivity contribution is 5.85. The lowest BCUT2D eigenvalue weighted by Gasteiger charge is -2.29. The fourth-order valence-corrected chi connectivity index (χ4v) is 2.31. The Morgan fingerprint density at radius 1 is 1.05 bits per heavy atom. The van der Waals surface area contributed by atoms with E-state index in [1.165, 1.54) is 5.56 Å². The topological polar surface area (TPSA) is 41.1 Å². The molecule has 0 fully saturated rings. The van der Waals surface area contributed by atoms with Gasteiger partial charge >= 0.3 is 0 Å². The smallest absolute Gasteiger partial charge is 0.151 e. The molecule has 0 aliphatic rings. The first-order valence-corrected chi connectivity index (χ1v) is 8.13.